The molecule has 0 aliphatic rings. The lowest BCUT2D eigenvalue weighted by molar-refractivity contribution is 1.18. The highest BCUT2D eigenvalue weighted by Gasteiger charge is 2.15. The lowest BCUT2D eigenvalue weighted by atomic mass is 10.0. The van der Waals surface area contributed by atoms with E-state index in [2.05, 4.69) is 53.1 Å². The number of hydrogen-bond donors (Lipinski definition) is 0. The van der Waals surface area contributed by atoms with E-state index in [1.165, 1.54) is 0 Å². The molecule has 236 valence electrons. The van der Waals surface area contributed by atoms with Crippen molar-refractivity contribution in [2.24, 2.45) is 0 Å². The summed E-state index contributed by atoms with van der Waals surface area (Å²) in [6, 6.07) is 60.2. The topological polar surface area (TPSA) is 8.17 Å². The van der Waals surface area contributed by atoms with Crippen molar-refractivity contribution in [1.82, 2.24) is 4.57 Å². The molecule has 2 heteroatoms. The summed E-state index contributed by atoms with van der Waals surface area (Å²) in [4.78, 5) is 1.84. The number of fused-ring (bicyclic) bond motifs is 3. The predicted molar refractivity (Wildman–Crippen MR) is 212 cm³/mol. The van der Waals surface area contributed by atoms with Crippen molar-refractivity contribution < 1.29 is 5.48 Å². The van der Waals surface area contributed by atoms with Crippen LogP contribution in [0, 0.1) is 0 Å². The molecule has 9 rings (SSSR count). The Hall–Kier alpha value is -6.64. The smallest absolute Gasteiger partial charge is 0.0645 e. The van der Waals surface area contributed by atoms with E-state index in [1.807, 2.05) is 138 Å². The van der Waals surface area contributed by atoms with Crippen molar-refractivity contribution in [2.45, 2.75) is 0 Å². The molecule has 1 aromatic heterocycles. The van der Waals surface area contributed by atoms with E-state index in [9.17, 15) is 5.48 Å². The number of rotatable bonds is 7. The molecule has 8 aromatic carbocycles. The molecule has 50 heavy (non-hydrogen) atoms. The van der Waals surface area contributed by atoms with E-state index in [0.717, 1.165) is 61.1 Å². The van der Waals surface area contributed by atoms with Crippen LogP contribution in [-0.2, 0) is 0 Å². The number of para-hydroxylation sites is 2. The second kappa shape index (κ2) is 12.8. The van der Waals surface area contributed by atoms with Crippen LogP contribution in [0.15, 0.2) is 206 Å². The van der Waals surface area contributed by atoms with Gasteiger partial charge in [-0.15, -0.1) is 0 Å². The zero-order valence-electron chi connectivity index (χ0n) is 31.2. The summed E-state index contributed by atoms with van der Waals surface area (Å²) in [5.41, 5.74) is 9.74. The molecule has 0 spiro atoms. The summed E-state index contributed by atoms with van der Waals surface area (Å²) in [7, 11) is 0. The monoisotopic (exact) mass is 642 g/mol. The number of anilines is 3. The van der Waals surface area contributed by atoms with E-state index in [-0.39, 0.29) is 35.4 Å². The minimum absolute atomic E-state index is 0.0998. The lowest BCUT2D eigenvalue weighted by Gasteiger charge is -2.26. The third-order valence-corrected chi connectivity index (χ3v) is 9.27. The number of nitrogens with zero attached hydrogens (tertiary/aromatic N) is 2. The van der Waals surface area contributed by atoms with E-state index in [4.69, 9.17) is 0 Å². The fraction of sp³-hybridized carbons (Fsp3) is 0. The third kappa shape index (κ3) is 5.43. The highest BCUT2D eigenvalue weighted by atomic mass is 15.1. The van der Waals surface area contributed by atoms with Crippen molar-refractivity contribution in [3.8, 4) is 39.1 Å². The second-order valence-corrected chi connectivity index (χ2v) is 12.3. The van der Waals surface area contributed by atoms with Gasteiger partial charge in [0.05, 0.1) is 16.5 Å². The van der Waals surface area contributed by atoms with Gasteiger partial charge in [0.15, 0.2) is 0 Å². The largest absolute Gasteiger partial charge is 0.311 e. The Kier molecular flexibility index (Phi) is 6.48. The van der Waals surface area contributed by atoms with Crippen LogP contribution in [0.2, 0.25) is 0 Å². The van der Waals surface area contributed by atoms with Gasteiger partial charge in [-0.2, -0.15) is 0 Å². The van der Waals surface area contributed by atoms with Crippen LogP contribution >= 0.6 is 0 Å². The number of hydrogen-bond acceptors (Lipinski definition) is 1. The van der Waals surface area contributed by atoms with Gasteiger partial charge in [-0.3, -0.25) is 0 Å². The Morgan fingerprint density at radius 3 is 1.30 bits per heavy atom. The Morgan fingerprint density at radius 2 is 0.780 bits per heavy atom. The average Bonchev–Trinajstić information content (AvgIpc) is 3.57. The Labute approximate surface area is 298 Å². The van der Waals surface area contributed by atoms with Crippen LogP contribution in [0.25, 0.3) is 60.9 Å². The minimum atomic E-state index is -0.118. The molecule has 0 saturated heterocycles. The van der Waals surface area contributed by atoms with E-state index in [1.54, 1.807) is 0 Å². The van der Waals surface area contributed by atoms with Gasteiger partial charge >= 0.3 is 0 Å². The first-order valence-corrected chi connectivity index (χ1v) is 16.8. The minimum Gasteiger partial charge on any atom is -0.311 e. The quantitative estimate of drug-likeness (QED) is 0.168. The fourth-order valence-electron chi connectivity index (χ4n) is 6.84. The highest BCUT2D eigenvalue weighted by molar-refractivity contribution is 6.09. The first-order chi connectivity index (χ1) is 26.5. The molecule has 1 heterocycles. The van der Waals surface area contributed by atoms with Gasteiger partial charge in [0.1, 0.15) is 0 Å². The molecule has 0 radical (unpaired) electrons. The molecule has 0 aliphatic heterocycles. The number of aromatic nitrogens is 1. The van der Waals surface area contributed by atoms with Crippen LogP contribution in [0.3, 0.4) is 0 Å². The molecular weight excluding hydrogens is 605 g/mol. The van der Waals surface area contributed by atoms with Crippen LogP contribution < -0.4 is 4.90 Å². The molecule has 0 aliphatic carbocycles. The fourth-order valence-corrected chi connectivity index (χ4v) is 6.84. The van der Waals surface area contributed by atoms with Gasteiger partial charge in [-0.1, -0.05) is 146 Å². The molecule has 0 atom stereocenters. The Bertz CT molecular complexity index is 2630. The van der Waals surface area contributed by atoms with Crippen molar-refractivity contribution in [1.29, 1.82) is 0 Å². The van der Waals surface area contributed by atoms with Crippen LogP contribution in [0.1, 0.15) is 5.48 Å². The maximum Gasteiger partial charge on any atom is 0.0645 e. The summed E-state index contributed by atoms with van der Waals surface area (Å²) in [5, 5.41) is 2.28. The van der Waals surface area contributed by atoms with Crippen molar-refractivity contribution in [2.75, 3.05) is 4.90 Å². The van der Waals surface area contributed by atoms with Gasteiger partial charge < -0.3 is 9.47 Å². The van der Waals surface area contributed by atoms with Gasteiger partial charge in [0.25, 0.3) is 0 Å². The zero-order chi connectivity index (χ0) is 36.8. The van der Waals surface area contributed by atoms with E-state index < -0.39 is 0 Å². The molecule has 0 amide bonds. The Morgan fingerprint density at radius 1 is 0.340 bits per heavy atom. The van der Waals surface area contributed by atoms with E-state index in [0.29, 0.717) is 5.56 Å². The van der Waals surface area contributed by atoms with Crippen molar-refractivity contribution in [3.63, 3.8) is 0 Å². The molecule has 0 N–H and O–H groups in total. The zero-order valence-corrected chi connectivity index (χ0v) is 27.2. The van der Waals surface area contributed by atoms with Gasteiger partial charge in [0, 0.05) is 33.5 Å². The molecule has 0 bridgehead atoms. The lowest BCUT2D eigenvalue weighted by Crippen LogP contribution is -2.09. The maximum atomic E-state index is 9.48. The summed E-state index contributed by atoms with van der Waals surface area (Å²) in [6.07, 6.45) is 0. The molecule has 9 aromatic rings. The van der Waals surface area contributed by atoms with Crippen LogP contribution in [0.4, 0.5) is 17.1 Å². The molecule has 0 fully saturated rings. The van der Waals surface area contributed by atoms with E-state index >= 15 is 0 Å². The predicted octanol–water partition coefficient (Wildman–Crippen LogP) is 13.3. The molecular formula is C48H34N2. The Balaban J connectivity index is 1.19. The molecule has 0 unspecified atom stereocenters. The summed E-state index contributed by atoms with van der Waals surface area (Å²) in [5.74, 6) is 0. The van der Waals surface area contributed by atoms with Crippen LogP contribution in [0.5, 0.6) is 0 Å². The summed E-state index contributed by atoms with van der Waals surface area (Å²) in [6.45, 7) is 0. The third-order valence-electron chi connectivity index (χ3n) is 9.27. The van der Waals surface area contributed by atoms with Crippen molar-refractivity contribution in [3.05, 3.63) is 206 Å². The van der Waals surface area contributed by atoms with Crippen LogP contribution in [-0.4, -0.2) is 4.57 Å². The summed E-state index contributed by atoms with van der Waals surface area (Å²) < 4.78 is 40.0. The first-order valence-electron chi connectivity index (χ1n) is 18.8. The van der Waals surface area contributed by atoms with Gasteiger partial charge in [0.2, 0.25) is 0 Å². The number of benzene rings is 8. The van der Waals surface area contributed by atoms with Gasteiger partial charge in [-0.05, 0) is 94.0 Å². The summed E-state index contributed by atoms with van der Waals surface area (Å²) >= 11 is 0. The average molecular weight is 643 g/mol. The first kappa shape index (κ1) is 25.4. The van der Waals surface area contributed by atoms with Gasteiger partial charge in [-0.25, -0.2) is 0 Å². The molecule has 0 saturated carbocycles. The normalized spacial score (nSPS) is 12.3. The standard InChI is InChI=1S/C48H34N2/c1-3-12-35(13-4-1)37-22-28-41(29-23-37)49(42-30-24-38(25-31-42)36-14-5-2-6-15-36)43-32-26-39(27-33-43)40-16-11-17-44(34-40)50-47-20-9-7-18-45(47)46-19-8-10-21-48(46)50/h1-34H/i26D,27D,32D,33D. The SMILES string of the molecule is [2H]c1c([2H])c(N(c2ccc(-c3ccccc3)cc2)c2ccc(-c3ccccc3)cc2)c([2H])c([2H])c1-c1cccc(-n2c3ccccc3c3ccccc32)c1. The molecule has 2 nitrogen and oxygen atoms in total. The maximum absolute atomic E-state index is 9.48. The second-order valence-electron chi connectivity index (χ2n) is 12.3. The van der Waals surface area contributed by atoms with Crippen molar-refractivity contribution >= 4 is 38.9 Å². The highest BCUT2D eigenvalue weighted by Crippen LogP contribution is 2.38.